The molecule has 1 fully saturated rings. The Bertz CT molecular complexity index is 191. The van der Waals surface area contributed by atoms with E-state index in [1.165, 1.54) is 25.7 Å². The van der Waals surface area contributed by atoms with Gasteiger partial charge in [-0.05, 0) is 33.6 Å². The van der Waals surface area contributed by atoms with Crippen LogP contribution >= 0.6 is 0 Å². The lowest BCUT2D eigenvalue weighted by molar-refractivity contribution is 0.0700. The molecule has 1 rings (SSSR count). The average molecular weight is 213 g/mol. The van der Waals surface area contributed by atoms with E-state index in [1.807, 2.05) is 7.11 Å². The molecule has 0 aromatic heterocycles. The van der Waals surface area contributed by atoms with Gasteiger partial charge in [0.05, 0.1) is 6.10 Å². The minimum absolute atomic E-state index is 0.336. The molecule has 0 N–H and O–H groups in total. The van der Waals surface area contributed by atoms with Gasteiger partial charge in [-0.2, -0.15) is 0 Å². The Labute approximate surface area is 95.0 Å². The third kappa shape index (κ3) is 3.18. The van der Waals surface area contributed by atoms with Gasteiger partial charge in [0, 0.05) is 25.2 Å². The molecule has 0 spiro atoms. The second kappa shape index (κ2) is 5.31. The summed E-state index contributed by atoms with van der Waals surface area (Å²) in [5.41, 5.74) is 0.336. The first-order valence-electron chi connectivity index (χ1n) is 6.30. The number of hydrogen-bond donors (Lipinski definition) is 0. The monoisotopic (exact) mass is 213 g/mol. The van der Waals surface area contributed by atoms with Crippen molar-refractivity contribution in [1.29, 1.82) is 0 Å². The summed E-state index contributed by atoms with van der Waals surface area (Å²) in [5, 5.41) is 0. The molecular weight excluding hydrogens is 186 g/mol. The number of likely N-dealkylation sites (tertiary alicyclic amines) is 1. The normalized spacial score (nSPS) is 28.6. The quantitative estimate of drug-likeness (QED) is 0.696. The highest BCUT2D eigenvalue weighted by Crippen LogP contribution is 2.31. The minimum Gasteiger partial charge on any atom is -0.380 e. The van der Waals surface area contributed by atoms with Gasteiger partial charge >= 0.3 is 0 Å². The molecule has 15 heavy (non-hydrogen) atoms. The van der Waals surface area contributed by atoms with Crippen molar-refractivity contribution in [2.75, 3.05) is 13.7 Å². The molecule has 0 unspecified atom stereocenters. The Hall–Kier alpha value is -0.0800. The molecule has 2 heteroatoms. The van der Waals surface area contributed by atoms with Crippen LogP contribution in [0.5, 0.6) is 0 Å². The number of rotatable bonds is 5. The summed E-state index contributed by atoms with van der Waals surface area (Å²) in [6, 6.07) is 0.668. The van der Waals surface area contributed by atoms with E-state index in [9.17, 15) is 0 Å². The molecule has 0 aromatic rings. The molecule has 2 nitrogen and oxygen atoms in total. The zero-order chi connectivity index (χ0) is 11.5. The Balaban J connectivity index is 2.54. The fraction of sp³-hybridized carbons (Fsp3) is 1.00. The predicted molar refractivity (Wildman–Crippen MR) is 65.2 cm³/mol. The minimum atomic E-state index is 0.336. The van der Waals surface area contributed by atoms with Crippen molar-refractivity contribution in [2.45, 2.75) is 71.1 Å². The van der Waals surface area contributed by atoms with Crippen molar-refractivity contribution in [3.63, 3.8) is 0 Å². The lowest BCUT2D eigenvalue weighted by Crippen LogP contribution is -2.46. The maximum atomic E-state index is 5.47. The third-order valence-electron chi connectivity index (χ3n) is 3.79. The topological polar surface area (TPSA) is 12.5 Å². The lowest BCUT2D eigenvalue weighted by atomic mass is 9.94. The summed E-state index contributed by atoms with van der Waals surface area (Å²) in [4.78, 5) is 2.62. The molecule has 1 saturated heterocycles. The number of ether oxygens (including phenoxy) is 1. The van der Waals surface area contributed by atoms with Crippen molar-refractivity contribution in [1.82, 2.24) is 4.90 Å². The summed E-state index contributed by atoms with van der Waals surface area (Å²) >= 11 is 0. The second-order valence-corrected chi connectivity index (χ2v) is 5.51. The van der Waals surface area contributed by atoms with Gasteiger partial charge in [-0.15, -0.1) is 0 Å². The van der Waals surface area contributed by atoms with Crippen molar-refractivity contribution in [2.24, 2.45) is 0 Å². The van der Waals surface area contributed by atoms with E-state index in [0.29, 0.717) is 17.7 Å². The largest absolute Gasteiger partial charge is 0.380 e. The first kappa shape index (κ1) is 13.0. The molecular formula is C13H27NO. The predicted octanol–water partition coefficient (Wildman–Crippen LogP) is 3.06. The lowest BCUT2D eigenvalue weighted by Gasteiger charge is -2.38. The van der Waals surface area contributed by atoms with Crippen LogP contribution in [0.25, 0.3) is 0 Å². The number of nitrogens with zero attached hydrogens (tertiary/aromatic N) is 1. The highest BCUT2D eigenvalue weighted by atomic mass is 16.5. The Kier molecular flexibility index (Phi) is 4.60. The summed E-state index contributed by atoms with van der Waals surface area (Å²) < 4.78 is 5.47. The first-order chi connectivity index (χ1) is 7.01. The summed E-state index contributed by atoms with van der Waals surface area (Å²) in [5.74, 6) is 0. The van der Waals surface area contributed by atoms with Gasteiger partial charge in [-0.1, -0.05) is 19.8 Å². The first-order valence-corrected chi connectivity index (χ1v) is 6.30. The van der Waals surface area contributed by atoms with E-state index in [0.717, 1.165) is 6.54 Å². The van der Waals surface area contributed by atoms with Gasteiger partial charge in [-0.3, -0.25) is 4.90 Å². The fourth-order valence-corrected chi connectivity index (χ4v) is 2.75. The summed E-state index contributed by atoms with van der Waals surface area (Å²) in [7, 11) is 1.83. The maximum absolute atomic E-state index is 5.47. The van der Waals surface area contributed by atoms with E-state index in [4.69, 9.17) is 4.74 Å². The van der Waals surface area contributed by atoms with E-state index in [1.54, 1.807) is 0 Å². The molecule has 1 heterocycles. The highest BCUT2D eigenvalue weighted by molar-refractivity contribution is 4.92. The summed E-state index contributed by atoms with van der Waals surface area (Å²) in [6.45, 7) is 10.4. The zero-order valence-electron chi connectivity index (χ0n) is 11.0. The van der Waals surface area contributed by atoms with Crippen LogP contribution in [0.3, 0.4) is 0 Å². The SMILES string of the molecule is CCCCC(C)(C)N1C[C@@H](OC)C[C@@H]1C. The fourth-order valence-electron chi connectivity index (χ4n) is 2.75. The molecule has 0 aromatic carbocycles. The van der Waals surface area contributed by atoms with Crippen LogP contribution in [0.1, 0.15) is 53.4 Å². The molecule has 1 aliphatic heterocycles. The zero-order valence-corrected chi connectivity index (χ0v) is 11.0. The van der Waals surface area contributed by atoms with Crippen molar-refractivity contribution in [3.05, 3.63) is 0 Å². The molecule has 0 radical (unpaired) electrons. The maximum Gasteiger partial charge on any atom is 0.0713 e. The average Bonchev–Trinajstić information content (AvgIpc) is 2.57. The molecule has 1 aliphatic rings. The van der Waals surface area contributed by atoms with Gasteiger partial charge in [0.25, 0.3) is 0 Å². The highest BCUT2D eigenvalue weighted by Gasteiger charge is 2.37. The molecule has 2 atom stereocenters. The van der Waals surface area contributed by atoms with Crippen molar-refractivity contribution >= 4 is 0 Å². The van der Waals surface area contributed by atoms with Crippen LogP contribution in [-0.4, -0.2) is 36.2 Å². The van der Waals surface area contributed by atoms with Crippen molar-refractivity contribution in [3.8, 4) is 0 Å². The van der Waals surface area contributed by atoms with Crippen LogP contribution in [-0.2, 0) is 4.74 Å². The molecule has 90 valence electrons. The van der Waals surface area contributed by atoms with Gasteiger partial charge in [0.2, 0.25) is 0 Å². The van der Waals surface area contributed by atoms with E-state index < -0.39 is 0 Å². The van der Waals surface area contributed by atoms with E-state index in [-0.39, 0.29) is 0 Å². The van der Waals surface area contributed by atoms with Crippen LogP contribution in [0.4, 0.5) is 0 Å². The van der Waals surface area contributed by atoms with Gasteiger partial charge < -0.3 is 4.74 Å². The number of unbranched alkanes of at least 4 members (excludes halogenated alkanes) is 1. The Morgan fingerprint density at radius 3 is 2.53 bits per heavy atom. The Morgan fingerprint density at radius 1 is 1.40 bits per heavy atom. The third-order valence-corrected chi connectivity index (χ3v) is 3.79. The van der Waals surface area contributed by atoms with Crippen LogP contribution in [0, 0.1) is 0 Å². The van der Waals surface area contributed by atoms with Crippen LogP contribution in [0.2, 0.25) is 0 Å². The summed E-state index contributed by atoms with van der Waals surface area (Å²) in [6.07, 6.45) is 5.55. The second-order valence-electron chi connectivity index (χ2n) is 5.51. The smallest absolute Gasteiger partial charge is 0.0713 e. The molecule has 0 saturated carbocycles. The standard InChI is InChI=1S/C13H27NO/c1-6-7-8-13(3,4)14-10-12(15-5)9-11(14)2/h11-12H,6-10H2,1-5H3/t11-,12-/m0/s1. The van der Waals surface area contributed by atoms with E-state index >= 15 is 0 Å². The number of methoxy groups -OCH3 is 1. The van der Waals surface area contributed by atoms with Crippen LogP contribution < -0.4 is 0 Å². The molecule has 0 amide bonds. The molecule has 0 aliphatic carbocycles. The van der Waals surface area contributed by atoms with E-state index in [2.05, 4.69) is 32.6 Å². The van der Waals surface area contributed by atoms with Gasteiger partial charge in [-0.25, -0.2) is 0 Å². The number of hydrogen-bond acceptors (Lipinski definition) is 2. The van der Waals surface area contributed by atoms with Gasteiger partial charge in [0.1, 0.15) is 0 Å². The van der Waals surface area contributed by atoms with Crippen LogP contribution in [0.15, 0.2) is 0 Å². The molecule has 0 bridgehead atoms. The van der Waals surface area contributed by atoms with Gasteiger partial charge in [0.15, 0.2) is 0 Å². The Morgan fingerprint density at radius 2 is 2.07 bits per heavy atom. The van der Waals surface area contributed by atoms with Crippen molar-refractivity contribution < 1.29 is 4.74 Å².